The number of amides is 1. The van der Waals surface area contributed by atoms with E-state index in [1.165, 1.54) is 15.6 Å². The van der Waals surface area contributed by atoms with Gasteiger partial charge >= 0.3 is 0 Å². The molecule has 0 bridgehead atoms. The van der Waals surface area contributed by atoms with Crippen LogP contribution >= 0.6 is 11.3 Å². The van der Waals surface area contributed by atoms with Gasteiger partial charge in [-0.05, 0) is 68.1 Å². The molecule has 1 fully saturated rings. The lowest BCUT2D eigenvalue weighted by Crippen LogP contribution is -2.40. The number of ether oxygens (including phenoxy) is 2. The Hall–Kier alpha value is -3.32. The molecule has 0 spiro atoms. The number of nitrogens with one attached hydrogen (secondary N) is 1. The minimum absolute atomic E-state index is 0.000295. The van der Waals surface area contributed by atoms with Crippen LogP contribution in [-0.4, -0.2) is 61.9 Å². The Kier molecular flexibility index (Phi) is 8.50. The van der Waals surface area contributed by atoms with E-state index in [1.807, 2.05) is 35.2 Å². The summed E-state index contributed by atoms with van der Waals surface area (Å²) in [5.74, 6) is 0.983. The van der Waals surface area contributed by atoms with Gasteiger partial charge in [0.2, 0.25) is 14.8 Å². The molecule has 0 unspecified atom stereocenters. The molecule has 3 heterocycles. The number of fused-ring (bicyclic) bond motifs is 1. The fourth-order valence-corrected chi connectivity index (χ4v) is 6.63. The minimum Gasteiger partial charge on any atom is -0.482 e. The first-order valence-electron chi connectivity index (χ1n) is 13.3. The highest BCUT2D eigenvalue weighted by Crippen LogP contribution is 2.33. The molecule has 1 saturated heterocycles. The summed E-state index contributed by atoms with van der Waals surface area (Å²) in [6.45, 7) is 7.86. The van der Waals surface area contributed by atoms with Crippen LogP contribution in [0.15, 0.2) is 62.8 Å². The molecule has 40 heavy (non-hydrogen) atoms. The summed E-state index contributed by atoms with van der Waals surface area (Å²) < 4.78 is 40.1. The van der Waals surface area contributed by atoms with E-state index in [2.05, 4.69) is 19.2 Å². The zero-order valence-corrected chi connectivity index (χ0v) is 24.4. The fourth-order valence-electron chi connectivity index (χ4n) is 4.37. The van der Waals surface area contributed by atoms with Crippen molar-refractivity contribution in [1.29, 1.82) is 0 Å². The lowest BCUT2D eigenvalue weighted by molar-refractivity contribution is -0.118. The Labute approximate surface area is 238 Å². The van der Waals surface area contributed by atoms with Gasteiger partial charge in [-0.3, -0.25) is 4.79 Å². The van der Waals surface area contributed by atoms with Crippen LogP contribution < -0.4 is 14.9 Å². The van der Waals surface area contributed by atoms with Crippen LogP contribution in [0, 0.1) is 5.92 Å². The number of hydrogen-bond donors (Lipinski definition) is 1. The van der Waals surface area contributed by atoms with Gasteiger partial charge in [0.25, 0.3) is 5.91 Å². The van der Waals surface area contributed by atoms with Crippen LogP contribution in [0.3, 0.4) is 0 Å². The van der Waals surface area contributed by atoms with Crippen LogP contribution in [0.4, 0.5) is 11.4 Å². The molecule has 1 amide bonds. The Balaban J connectivity index is 1.51. The number of nitrogens with zero attached hydrogens (tertiary/aromatic N) is 4. The van der Waals surface area contributed by atoms with E-state index >= 15 is 0 Å². The predicted octanol–water partition coefficient (Wildman–Crippen LogP) is 4.46. The second kappa shape index (κ2) is 12.0. The highest BCUT2D eigenvalue weighted by atomic mass is 32.2. The molecular formula is C28H33N5O5S2. The maximum atomic E-state index is 13.0. The van der Waals surface area contributed by atoms with Crippen molar-refractivity contribution in [2.75, 3.05) is 38.2 Å². The summed E-state index contributed by atoms with van der Waals surface area (Å²) in [5, 5.41) is 9.76. The predicted molar refractivity (Wildman–Crippen MR) is 156 cm³/mol. The van der Waals surface area contributed by atoms with Crippen LogP contribution in [0.1, 0.15) is 33.6 Å². The molecule has 2 aliphatic rings. The van der Waals surface area contributed by atoms with Gasteiger partial charge in [0.15, 0.2) is 6.61 Å². The summed E-state index contributed by atoms with van der Waals surface area (Å²) >= 11 is 1.43. The van der Waals surface area contributed by atoms with E-state index in [-0.39, 0.29) is 17.4 Å². The van der Waals surface area contributed by atoms with E-state index in [0.717, 1.165) is 29.8 Å². The van der Waals surface area contributed by atoms with Gasteiger partial charge in [0.05, 0.1) is 35.2 Å². The minimum atomic E-state index is -3.59. The van der Waals surface area contributed by atoms with Crippen molar-refractivity contribution < 1.29 is 22.7 Å². The van der Waals surface area contributed by atoms with Crippen molar-refractivity contribution in [2.24, 2.45) is 16.0 Å². The number of morpholine rings is 1. The van der Waals surface area contributed by atoms with Gasteiger partial charge in [-0.15, -0.1) is 11.3 Å². The van der Waals surface area contributed by atoms with Gasteiger partial charge in [-0.1, -0.05) is 13.8 Å². The van der Waals surface area contributed by atoms with E-state index in [9.17, 15) is 13.2 Å². The number of hydrogen-bond acceptors (Lipinski definition) is 8. The van der Waals surface area contributed by atoms with Gasteiger partial charge in [-0.2, -0.15) is 9.41 Å². The van der Waals surface area contributed by atoms with Crippen molar-refractivity contribution in [2.45, 2.75) is 38.5 Å². The highest BCUT2D eigenvalue weighted by Gasteiger charge is 2.26. The Morgan fingerprint density at radius 3 is 2.60 bits per heavy atom. The second-order valence-corrected chi connectivity index (χ2v) is 12.9. The number of carbonyl (C=O) groups is 1. The monoisotopic (exact) mass is 583 g/mol. The third-order valence-electron chi connectivity index (χ3n) is 6.62. The summed E-state index contributed by atoms with van der Waals surface area (Å²) in [6.07, 6.45) is 1.87. The third kappa shape index (κ3) is 6.35. The number of anilines is 1. The molecule has 2 aliphatic heterocycles. The smallest absolute Gasteiger partial charge is 0.262 e. The zero-order valence-electron chi connectivity index (χ0n) is 22.8. The van der Waals surface area contributed by atoms with E-state index < -0.39 is 10.0 Å². The van der Waals surface area contributed by atoms with Crippen molar-refractivity contribution in [3.63, 3.8) is 0 Å². The van der Waals surface area contributed by atoms with Gasteiger partial charge in [-0.25, -0.2) is 18.1 Å². The lowest BCUT2D eigenvalue weighted by atomic mass is 10.1. The van der Waals surface area contributed by atoms with E-state index in [0.29, 0.717) is 54.1 Å². The molecule has 0 atom stereocenters. The molecule has 0 aliphatic carbocycles. The number of benzene rings is 2. The van der Waals surface area contributed by atoms with Crippen LogP contribution in [0.25, 0.3) is 11.3 Å². The Bertz CT molecular complexity index is 1580. The Morgan fingerprint density at radius 2 is 1.88 bits per heavy atom. The lowest BCUT2D eigenvalue weighted by Gasteiger charge is -2.26. The van der Waals surface area contributed by atoms with E-state index in [1.54, 1.807) is 24.3 Å². The third-order valence-corrected chi connectivity index (χ3v) is 9.35. The average molecular weight is 584 g/mol. The van der Waals surface area contributed by atoms with Gasteiger partial charge < -0.3 is 14.8 Å². The van der Waals surface area contributed by atoms with Crippen molar-refractivity contribution in [1.82, 2.24) is 8.98 Å². The van der Waals surface area contributed by atoms with Gasteiger partial charge in [0, 0.05) is 29.7 Å². The van der Waals surface area contributed by atoms with E-state index in [4.69, 9.17) is 19.6 Å². The topological polar surface area (TPSA) is 115 Å². The number of rotatable bonds is 8. The normalized spacial score (nSPS) is 17.1. The summed E-state index contributed by atoms with van der Waals surface area (Å²) in [7, 11) is -3.59. The number of thiazole rings is 1. The maximum absolute atomic E-state index is 13.0. The maximum Gasteiger partial charge on any atom is 0.262 e. The zero-order chi connectivity index (χ0) is 28.3. The molecule has 1 N–H and O–H groups in total. The first kappa shape index (κ1) is 28.2. The summed E-state index contributed by atoms with van der Waals surface area (Å²) in [5.41, 5.74) is 3.87. The average Bonchev–Trinajstić information content (AvgIpc) is 3.33. The van der Waals surface area contributed by atoms with Crippen molar-refractivity contribution in [3.05, 3.63) is 52.6 Å². The molecule has 3 aromatic rings. The number of carbonyl (C=O) groups excluding carboxylic acids is 1. The Morgan fingerprint density at radius 1 is 1.12 bits per heavy atom. The largest absolute Gasteiger partial charge is 0.482 e. The van der Waals surface area contributed by atoms with Gasteiger partial charge in [0.1, 0.15) is 5.75 Å². The number of aromatic nitrogens is 1. The first-order valence-corrected chi connectivity index (χ1v) is 15.6. The molecule has 0 radical (unpaired) electrons. The molecule has 212 valence electrons. The van der Waals surface area contributed by atoms with Crippen LogP contribution in [0.2, 0.25) is 0 Å². The second-order valence-electron chi connectivity index (χ2n) is 10.2. The van der Waals surface area contributed by atoms with Crippen molar-refractivity contribution >= 4 is 44.4 Å². The summed E-state index contributed by atoms with van der Waals surface area (Å²) in [6, 6.07) is 12.2. The molecule has 12 heteroatoms. The molecule has 10 nitrogen and oxygen atoms in total. The van der Waals surface area contributed by atoms with Crippen LogP contribution in [-0.2, 0) is 19.6 Å². The number of sulfonamides is 1. The molecule has 0 saturated carbocycles. The standard InChI is InChI=1S/C28H33N5O5S2/c1-19(2)4-5-20(3)31-33-25(21-6-11-26-24(16-21)30-27(34)17-38-26)18-39-28(33)29-22-7-9-23(10-8-22)40(35,36)32-12-14-37-15-13-32/h6-11,16,18-19H,4-5,12-15,17H2,1-3H3,(H,30,34). The van der Waals surface area contributed by atoms with Crippen LogP contribution in [0.5, 0.6) is 5.75 Å². The SMILES string of the molecule is CC(CCC(C)C)=Nn1c(-c2ccc3c(c2)NC(=O)CO3)csc1=Nc1ccc(S(=O)(=O)N2CCOCC2)cc1. The summed E-state index contributed by atoms with van der Waals surface area (Å²) in [4.78, 5) is 17.6. The molecular weight excluding hydrogens is 550 g/mol. The molecule has 5 rings (SSSR count). The molecule has 2 aromatic carbocycles. The van der Waals surface area contributed by atoms with Crippen molar-refractivity contribution in [3.8, 4) is 17.0 Å². The molecule has 1 aromatic heterocycles. The highest BCUT2D eigenvalue weighted by molar-refractivity contribution is 7.89. The fraction of sp³-hybridized carbons (Fsp3) is 0.393. The quantitative estimate of drug-likeness (QED) is 0.393. The first-order chi connectivity index (χ1) is 19.2.